The van der Waals surface area contributed by atoms with E-state index in [9.17, 15) is 0 Å². The van der Waals surface area contributed by atoms with E-state index in [1.54, 1.807) is 0 Å². The van der Waals surface area contributed by atoms with Crippen LogP contribution in [0.3, 0.4) is 0 Å². The summed E-state index contributed by atoms with van der Waals surface area (Å²) >= 11 is 13.0. The first-order valence-corrected chi connectivity index (χ1v) is 15.3. The highest BCUT2D eigenvalue weighted by atomic mass is 35.5. The van der Waals surface area contributed by atoms with Gasteiger partial charge in [0.25, 0.3) is 0 Å². The van der Waals surface area contributed by atoms with Gasteiger partial charge < -0.3 is 19.7 Å². The Morgan fingerprint density at radius 1 is 0.927 bits per heavy atom. The number of halogens is 1. The van der Waals surface area contributed by atoms with Crippen molar-refractivity contribution in [3.8, 4) is 5.69 Å². The number of nitrogens with zero attached hydrogens (tertiary/aromatic N) is 4. The smallest absolute Gasteiger partial charge is 0.174 e. The predicted octanol–water partition coefficient (Wildman–Crippen LogP) is 8.17. The Kier molecular flexibility index (Phi) is 7.56. The Morgan fingerprint density at radius 3 is 2.41 bits per heavy atom. The maximum absolute atomic E-state index is 7.00. The molecular formula is C34H38ClN5S. The summed E-state index contributed by atoms with van der Waals surface area (Å²) in [5.41, 5.74) is 10.4. The molecule has 0 spiro atoms. The molecule has 2 fully saturated rings. The predicted molar refractivity (Wildman–Crippen MR) is 175 cm³/mol. The van der Waals surface area contributed by atoms with Crippen molar-refractivity contribution in [1.82, 2.24) is 14.9 Å². The van der Waals surface area contributed by atoms with Crippen molar-refractivity contribution in [2.45, 2.75) is 59.5 Å². The maximum Gasteiger partial charge on any atom is 0.174 e. The van der Waals surface area contributed by atoms with Gasteiger partial charge in [0.1, 0.15) is 0 Å². The molecule has 2 atom stereocenters. The van der Waals surface area contributed by atoms with Gasteiger partial charge in [0.05, 0.1) is 28.5 Å². The molecule has 0 unspecified atom stereocenters. The van der Waals surface area contributed by atoms with Crippen molar-refractivity contribution in [3.05, 3.63) is 106 Å². The van der Waals surface area contributed by atoms with Gasteiger partial charge in [0.2, 0.25) is 0 Å². The Hall–Kier alpha value is -3.35. The molecule has 6 rings (SSSR count). The van der Waals surface area contributed by atoms with Crippen LogP contribution in [-0.4, -0.2) is 27.8 Å². The number of rotatable bonds is 5. The zero-order valence-electron chi connectivity index (χ0n) is 24.5. The largest absolute Gasteiger partial charge is 0.370 e. The number of anilines is 2. The average Bonchev–Trinajstić information content (AvgIpc) is 3.45. The van der Waals surface area contributed by atoms with Gasteiger partial charge in [-0.15, -0.1) is 0 Å². The first-order chi connectivity index (χ1) is 19.7. The van der Waals surface area contributed by atoms with Gasteiger partial charge in [-0.2, -0.15) is 0 Å². The lowest BCUT2D eigenvalue weighted by Crippen LogP contribution is -2.33. The highest BCUT2D eigenvalue weighted by Crippen LogP contribution is 2.45. The van der Waals surface area contributed by atoms with Crippen molar-refractivity contribution >= 4 is 40.3 Å². The summed E-state index contributed by atoms with van der Waals surface area (Å²) in [7, 11) is 0. The molecule has 0 bridgehead atoms. The van der Waals surface area contributed by atoms with Crippen molar-refractivity contribution in [2.24, 2.45) is 5.92 Å². The van der Waals surface area contributed by atoms with Crippen LogP contribution < -0.4 is 15.1 Å². The van der Waals surface area contributed by atoms with Crippen LogP contribution in [0.15, 0.2) is 66.9 Å². The molecule has 0 radical (unpaired) electrons. The number of thiocarbonyl (C=S) groups is 1. The van der Waals surface area contributed by atoms with Crippen LogP contribution in [0.25, 0.3) is 5.69 Å². The fourth-order valence-electron chi connectivity index (χ4n) is 6.52. The summed E-state index contributed by atoms with van der Waals surface area (Å²) in [6.07, 6.45) is 4.24. The Bertz CT molecular complexity index is 1590. The molecule has 2 aliphatic heterocycles. The Labute approximate surface area is 254 Å². The van der Waals surface area contributed by atoms with Gasteiger partial charge in [-0.05, 0) is 118 Å². The fourth-order valence-corrected chi connectivity index (χ4v) is 7.16. The van der Waals surface area contributed by atoms with Crippen molar-refractivity contribution in [1.29, 1.82) is 0 Å². The van der Waals surface area contributed by atoms with E-state index in [0.29, 0.717) is 5.11 Å². The summed E-state index contributed by atoms with van der Waals surface area (Å²) in [5, 5.41) is 5.06. The Balaban J connectivity index is 1.45. The van der Waals surface area contributed by atoms with E-state index >= 15 is 0 Å². The zero-order chi connectivity index (χ0) is 28.8. The van der Waals surface area contributed by atoms with Crippen LogP contribution in [-0.2, 0) is 0 Å². The fraction of sp³-hybridized carbons (Fsp3) is 0.353. The highest BCUT2D eigenvalue weighted by molar-refractivity contribution is 7.80. The van der Waals surface area contributed by atoms with Crippen molar-refractivity contribution in [2.75, 3.05) is 22.9 Å². The number of aryl methyl sites for hydroxylation is 3. The summed E-state index contributed by atoms with van der Waals surface area (Å²) in [6, 6.07) is 21.2. The molecule has 4 aromatic rings. The first kappa shape index (κ1) is 27.8. The number of piperidine rings is 1. The highest BCUT2D eigenvalue weighted by Gasteiger charge is 2.42. The molecule has 0 saturated carbocycles. The van der Waals surface area contributed by atoms with Crippen molar-refractivity contribution < 1.29 is 0 Å². The summed E-state index contributed by atoms with van der Waals surface area (Å²) in [5.74, 6) is 0.768. The molecule has 5 nitrogen and oxygen atoms in total. The van der Waals surface area contributed by atoms with Crippen molar-refractivity contribution in [3.63, 3.8) is 0 Å². The van der Waals surface area contributed by atoms with Crippen LogP contribution in [0.2, 0.25) is 5.02 Å². The Morgan fingerprint density at radius 2 is 1.71 bits per heavy atom. The number of hydrogen-bond donors (Lipinski definition) is 1. The molecular weight excluding hydrogens is 546 g/mol. The monoisotopic (exact) mass is 583 g/mol. The third-order valence-electron chi connectivity index (χ3n) is 8.83. The molecule has 41 heavy (non-hydrogen) atoms. The second-order valence-electron chi connectivity index (χ2n) is 11.8. The minimum absolute atomic E-state index is 0.0970. The molecule has 7 heteroatoms. The van der Waals surface area contributed by atoms with Gasteiger partial charge in [0.15, 0.2) is 5.11 Å². The number of benzene rings is 2. The molecule has 2 aromatic carbocycles. The van der Waals surface area contributed by atoms with Crippen LogP contribution in [0.5, 0.6) is 0 Å². The average molecular weight is 584 g/mol. The normalized spacial score (nSPS) is 19.6. The third kappa shape index (κ3) is 5.13. The minimum Gasteiger partial charge on any atom is -0.370 e. The van der Waals surface area contributed by atoms with E-state index in [-0.39, 0.29) is 12.1 Å². The molecule has 2 aliphatic rings. The van der Waals surface area contributed by atoms with Gasteiger partial charge in [-0.3, -0.25) is 4.98 Å². The SMILES string of the molecule is Cc1ccc(C)c(-n2c(C)cc([C@@H]3[C@H](c4ccccn4)NC(=S)N3c3ccc(N4CCC(C)CC4)c(Cl)c3)c2C)c1. The third-order valence-corrected chi connectivity index (χ3v) is 9.44. The first-order valence-electron chi connectivity index (χ1n) is 14.5. The number of hydrogen-bond acceptors (Lipinski definition) is 3. The van der Waals surface area contributed by atoms with E-state index < -0.39 is 0 Å². The lowest BCUT2D eigenvalue weighted by Gasteiger charge is -2.33. The summed E-state index contributed by atoms with van der Waals surface area (Å²) in [4.78, 5) is 9.40. The molecule has 4 heterocycles. The van der Waals surface area contributed by atoms with E-state index in [1.807, 2.05) is 18.3 Å². The van der Waals surface area contributed by atoms with Crippen LogP contribution in [0, 0.1) is 33.6 Å². The van der Waals surface area contributed by atoms with Crippen LogP contribution in [0.1, 0.15) is 65.6 Å². The molecule has 0 amide bonds. The number of nitrogens with one attached hydrogen (secondary N) is 1. The summed E-state index contributed by atoms with van der Waals surface area (Å²) < 4.78 is 2.38. The molecule has 1 N–H and O–H groups in total. The lowest BCUT2D eigenvalue weighted by molar-refractivity contribution is 0.438. The number of pyridine rings is 1. The second-order valence-corrected chi connectivity index (χ2v) is 12.5. The van der Waals surface area contributed by atoms with Gasteiger partial charge in [-0.1, -0.05) is 36.7 Å². The maximum atomic E-state index is 7.00. The quantitative estimate of drug-likeness (QED) is 0.240. The van der Waals surface area contributed by atoms with Crippen LogP contribution >= 0.6 is 23.8 Å². The van der Waals surface area contributed by atoms with E-state index in [2.05, 4.69) is 103 Å². The molecule has 0 aliphatic carbocycles. The lowest BCUT2D eigenvalue weighted by atomic mass is 9.96. The standard InChI is InChI=1S/C34H38ClN5S/c1-21-13-16-38(17-14-21)30-12-11-26(20-28(30)35)40-33(32(37-34(40)41)29-8-6-7-15-36-29)27-19-24(4)39(25(27)5)31-18-22(2)9-10-23(31)3/h6-12,15,18-21,32-33H,13-14,16-17H2,1-5H3,(H,37,41)/t32-,33+/m0/s1. The van der Waals surface area contributed by atoms with Gasteiger partial charge in [0, 0.05) is 42.0 Å². The molecule has 2 aromatic heterocycles. The van der Waals surface area contributed by atoms with E-state index in [0.717, 1.165) is 41.1 Å². The van der Waals surface area contributed by atoms with Gasteiger partial charge in [-0.25, -0.2) is 0 Å². The number of aromatic nitrogens is 2. The zero-order valence-corrected chi connectivity index (χ0v) is 26.1. The van der Waals surface area contributed by atoms with Gasteiger partial charge >= 0.3 is 0 Å². The minimum atomic E-state index is -0.113. The topological polar surface area (TPSA) is 36.3 Å². The second kappa shape index (κ2) is 11.1. The molecule has 212 valence electrons. The summed E-state index contributed by atoms with van der Waals surface area (Å²) in [6.45, 7) is 13.1. The van der Waals surface area contributed by atoms with Crippen LogP contribution in [0.4, 0.5) is 11.4 Å². The van der Waals surface area contributed by atoms with E-state index in [1.165, 1.54) is 46.6 Å². The molecule has 2 saturated heterocycles. The van der Waals surface area contributed by atoms with E-state index in [4.69, 9.17) is 28.8 Å².